The Morgan fingerprint density at radius 2 is 2.38 bits per heavy atom. The number of hydrogen-bond acceptors (Lipinski definition) is 4. The molecule has 1 unspecified atom stereocenters. The van der Waals surface area contributed by atoms with E-state index in [1.165, 1.54) is 12.8 Å². The van der Waals surface area contributed by atoms with E-state index in [1.807, 2.05) is 0 Å². The second-order valence-electron chi connectivity index (χ2n) is 4.39. The average Bonchev–Trinajstić information content (AvgIpc) is 3.09. The predicted octanol–water partition coefficient (Wildman–Crippen LogP) is 2.02. The van der Waals surface area contributed by atoms with Crippen LogP contribution in [0.2, 0.25) is 5.15 Å². The molecule has 4 nitrogen and oxygen atoms in total. The van der Waals surface area contributed by atoms with Gasteiger partial charge in [0.05, 0.1) is 11.9 Å². The van der Waals surface area contributed by atoms with Crippen LogP contribution >= 0.6 is 11.6 Å². The lowest BCUT2D eigenvalue weighted by Crippen LogP contribution is -2.36. The molecule has 1 aromatic heterocycles. The first-order valence-electron chi connectivity index (χ1n) is 5.61. The number of anilines is 1. The van der Waals surface area contributed by atoms with Crippen molar-refractivity contribution in [3.63, 3.8) is 0 Å². The van der Waals surface area contributed by atoms with Crippen molar-refractivity contribution in [3.05, 3.63) is 17.4 Å². The fourth-order valence-corrected chi connectivity index (χ4v) is 1.85. The quantitative estimate of drug-likeness (QED) is 0.855. The van der Waals surface area contributed by atoms with E-state index in [2.05, 4.69) is 34.4 Å². The normalized spacial score (nSPS) is 17.5. The molecule has 1 saturated carbocycles. The molecule has 16 heavy (non-hydrogen) atoms. The van der Waals surface area contributed by atoms with Crippen molar-refractivity contribution in [1.82, 2.24) is 15.1 Å². The number of likely N-dealkylation sites (N-methyl/N-ethyl adjacent to an activating group) is 1. The molecule has 1 heterocycles. The number of halogens is 1. The summed E-state index contributed by atoms with van der Waals surface area (Å²) in [5.41, 5.74) is 0.927. The zero-order valence-corrected chi connectivity index (χ0v) is 10.4. The highest BCUT2D eigenvalue weighted by Gasteiger charge is 2.28. The molecule has 0 aromatic carbocycles. The van der Waals surface area contributed by atoms with Crippen molar-refractivity contribution in [3.8, 4) is 0 Å². The molecule has 1 aliphatic rings. The van der Waals surface area contributed by atoms with E-state index in [4.69, 9.17) is 11.6 Å². The highest BCUT2D eigenvalue weighted by Crippen LogP contribution is 2.26. The molecule has 2 rings (SSSR count). The number of hydrogen-bond donors (Lipinski definition) is 1. The summed E-state index contributed by atoms with van der Waals surface area (Å²) in [6.07, 6.45) is 4.36. The predicted molar refractivity (Wildman–Crippen MR) is 65.8 cm³/mol. The molecular weight excluding hydrogens is 224 g/mol. The molecule has 0 saturated heterocycles. The van der Waals surface area contributed by atoms with E-state index in [0.29, 0.717) is 11.2 Å². The summed E-state index contributed by atoms with van der Waals surface area (Å²) in [6.45, 7) is 3.12. The third kappa shape index (κ3) is 3.06. The smallest absolute Gasteiger partial charge is 0.153 e. The van der Waals surface area contributed by atoms with E-state index < -0.39 is 0 Å². The van der Waals surface area contributed by atoms with Crippen LogP contribution in [0.15, 0.2) is 12.3 Å². The van der Waals surface area contributed by atoms with Crippen LogP contribution in [0.4, 0.5) is 5.69 Å². The molecule has 0 bridgehead atoms. The second kappa shape index (κ2) is 4.97. The standard InChI is InChI=1S/C11H17ClN4/c1-8(16(2)10-3-4-10)6-13-9-5-11(12)15-14-7-9/h5,7-8,10H,3-4,6H2,1-2H3,(H,13,15). The summed E-state index contributed by atoms with van der Waals surface area (Å²) in [7, 11) is 2.18. The highest BCUT2D eigenvalue weighted by atomic mass is 35.5. The van der Waals surface area contributed by atoms with Crippen LogP contribution in [-0.4, -0.2) is 40.8 Å². The number of nitrogens with zero attached hydrogens (tertiary/aromatic N) is 3. The molecule has 1 fully saturated rings. The van der Waals surface area contributed by atoms with Crippen molar-refractivity contribution in [2.75, 3.05) is 18.9 Å². The van der Waals surface area contributed by atoms with Crippen molar-refractivity contribution < 1.29 is 0 Å². The van der Waals surface area contributed by atoms with Gasteiger partial charge in [0.1, 0.15) is 0 Å². The first-order chi connectivity index (χ1) is 7.66. The Bertz CT molecular complexity index is 354. The molecule has 0 spiro atoms. The van der Waals surface area contributed by atoms with Crippen LogP contribution in [-0.2, 0) is 0 Å². The topological polar surface area (TPSA) is 41.1 Å². The summed E-state index contributed by atoms with van der Waals surface area (Å²) in [5.74, 6) is 0. The Morgan fingerprint density at radius 1 is 1.62 bits per heavy atom. The maximum absolute atomic E-state index is 5.76. The molecule has 5 heteroatoms. The zero-order chi connectivity index (χ0) is 11.5. The van der Waals surface area contributed by atoms with Gasteiger partial charge in [0, 0.05) is 24.7 Å². The average molecular weight is 241 g/mol. The minimum Gasteiger partial charge on any atom is -0.382 e. The van der Waals surface area contributed by atoms with Crippen LogP contribution in [0.3, 0.4) is 0 Å². The second-order valence-corrected chi connectivity index (χ2v) is 4.78. The van der Waals surface area contributed by atoms with Gasteiger partial charge in [-0.2, -0.15) is 5.10 Å². The summed E-state index contributed by atoms with van der Waals surface area (Å²) in [6, 6.07) is 3.09. The lowest BCUT2D eigenvalue weighted by Gasteiger charge is -2.24. The van der Waals surface area contributed by atoms with E-state index in [0.717, 1.165) is 18.3 Å². The van der Waals surface area contributed by atoms with Gasteiger partial charge in [0.15, 0.2) is 5.15 Å². The molecule has 0 amide bonds. The summed E-state index contributed by atoms with van der Waals surface area (Å²) in [4.78, 5) is 2.42. The van der Waals surface area contributed by atoms with Crippen molar-refractivity contribution in [1.29, 1.82) is 0 Å². The van der Waals surface area contributed by atoms with Crippen LogP contribution in [0.5, 0.6) is 0 Å². The Morgan fingerprint density at radius 3 is 3.00 bits per heavy atom. The fourth-order valence-electron chi connectivity index (χ4n) is 1.69. The number of nitrogens with one attached hydrogen (secondary N) is 1. The van der Waals surface area contributed by atoms with Crippen molar-refractivity contribution in [2.24, 2.45) is 0 Å². The minimum atomic E-state index is 0.424. The summed E-state index contributed by atoms with van der Waals surface area (Å²) in [5, 5.41) is 11.2. The van der Waals surface area contributed by atoms with E-state index in [9.17, 15) is 0 Å². The molecule has 0 aliphatic heterocycles. The van der Waals surface area contributed by atoms with Gasteiger partial charge in [-0.3, -0.25) is 4.90 Å². The molecule has 1 atom stereocenters. The van der Waals surface area contributed by atoms with Crippen LogP contribution in [0.25, 0.3) is 0 Å². The lowest BCUT2D eigenvalue weighted by molar-refractivity contribution is 0.257. The Balaban J connectivity index is 1.82. The molecule has 1 aromatic rings. The largest absolute Gasteiger partial charge is 0.382 e. The van der Waals surface area contributed by atoms with Crippen molar-refractivity contribution in [2.45, 2.75) is 31.8 Å². The molecule has 1 aliphatic carbocycles. The van der Waals surface area contributed by atoms with Crippen molar-refractivity contribution >= 4 is 17.3 Å². The van der Waals surface area contributed by atoms with Gasteiger partial charge in [-0.15, -0.1) is 5.10 Å². The highest BCUT2D eigenvalue weighted by molar-refractivity contribution is 6.29. The van der Waals surface area contributed by atoms with E-state index in [1.54, 1.807) is 12.3 Å². The SMILES string of the molecule is CC(CNc1cnnc(Cl)c1)N(C)C1CC1. The maximum atomic E-state index is 5.76. The summed E-state index contributed by atoms with van der Waals surface area (Å²) < 4.78 is 0. The Hall–Kier alpha value is -0.870. The van der Waals surface area contributed by atoms with E-state index in [-0.39, 0.29) is 0 Å². The summed E-state index contributed by atoms with van der Waals surface area (Å²) >= 11 is 5.76. The van der Waals surface area contributed by atoms with Gasteiger partial charge >= 0.3 is 0 Å². The van der Waals surface area contributed by atoms with Gasteiger partial charge in [-0.05, 0) is 26.8 Å². The van der Waals surface area contributed by atoms with Gasteiger partial charge < -0.3 is 5.32 Å². The van der Waals surface area contributed by atoms with Crippen LogP contribution in [0.1, 0.15) is 19.8 Å². The Kier molecular flexibility index (Phi) is 3.61. The lowest BCUT2D eigenvalue weighted by atomic mass is 10.3. The minimum absolute atomic E-state index is 0.424. The molecule has 1 N–H and O–H groups in total. The molecule has 0 radical (unpaired) electrons. The number of rotatable bonds is 5. The van der Waals surface area contributed by atoms with Crippen LogP contribution in [0, 0.1) is 0 Å². The van der Waals surface area contributed by atoms with Crippen LogP contribution < -0.4 is 5.32 Å². The molecular formula is C11H17ClN4. The Labute approximate surface area is 101 Å². The van der Waals surface area contributed by atoms with Gasteiger partial charge in [-0.25, -0.2) is 0 Å². The molecule has 88 valence electrons. The maximum Gasteiger partial charge on any atom is 0.153 e. The van der Waals surface area contributed by atoms with Gasteiger partial charge in [-0.1, -0.05) is 11.6 Å². The fraction of sp³-hybridized carbons (Fsp3) is 0.636. The first-order valence-corrected chi connectivity index (χ1v) is 5.98. The van der Waals surface area contributed by atoms with Gasteiger partial charge in [0.2, 0.25) is 0 Å². The number of aromatic nitrogens is 2. The zero-order valence-electron chi connectivity index (χ0n) is 9.65. The van der Waals surface area contributed by atoms with E-state index >= 15 is 0 Å². The monoisotopic (exact) mass is 240 g/mol. The third-order valence-corrected chi connectivity index (χ3v) is 3.23. The third-order valence-electron chi connectivity index (χ3n) is 3.04. The first kappa shape index (κ1) is 11.6. The van der Waals surface area contributed by atoms with Gasteiger partial charge in [0.25, 0.3) is 0 Å².